The molecule has 1 fully saturated rings. The highest BCUT2D eigenvalue weighted by atomic mass is 16.2. The van der Waals surface area contributed by atoms with Crippen molar-refractivity contribution in [2.24, 2.45) is 0 Å². The number of benzene rings is 1. The summed E-state index contributed by atoms with van der Waals surface area (Å²) in [5, 5.41) is 0. The second kappa shape index (κ2) is 6.71. The SMILES string of the molecule is C=CC(=O)N1CCN(Cc2ccc(C(C)C)cc2)CC1. The Hall–Kier alpha value is -1.61. The van der Waals surface area contributed by atoms with Crippen LogP contribution in [0.4, 0.5) is 0 Å². The Balaban J connectivity index is 1.86. The Morgan fingerprint density at radius 2 is 1.80 bits per heavy atom. The Morgan fingerprint density at radius 3 is 2.30 bits per heavy atom. The molecule has 1 aromatic carbocycles. The minimum Gasteiger partial charge on any atom is -0.337 e. The molecule has 20 heavy (non-hydrogen) atoms. The molecule has 3 nitrogen and oxygen atoms in total. The van der Waals surface area contributed by atoms with Crippen molar-refractivity contribution in [1.29, 1.82) is 0 Å². The van der Waals surface area contributed by atoms with Crippen molar-refractivity contribution in [1.82, 2.24) is 9.80 Å². The topological polar surface area (TPSA) is 23.6 Å². The summed E-state index contributed by atoms with van der Waals surface area (Å²) in [4.78, 5) is 15.8. The van der Waals surface area contributed by atoms with E-state index in [0.717, 1.165) is 32.7 Å². The van der Waals surface area contributed by atoms with E-state index in [1.54, 1.807) is 0 Å². The van der Waals surface area contributed by atoms with Crippen LogP contribution in [0.2, 0.25) is 0 Å². The van der Waals surface area contributed by atoms with Crippen molar-refractivity contribution in [2.45, 2.75) is 26.3 Å². The summed E-state index contributed by atoms with van der Waals surface area (Å²) < 4.78 is 0. The molecule has 1 saturated heterocycles. The Morgan fingerprint density at radius 1 is 1.20 bits per heavy atom. The molecule has 2 rings (SSSR count). The third-order valence-corrected chi connectivity index (χ3v) is 3.91. The number of hydrogen-bond acceptors (Lipinski definition) is 2. The maximum absolute atomic E-state index is 11.5. The van der Waals surface area contributed by atoms with Crippen molar-refractivity contribution in [3.63, 3.8) is 0 Å². The second-order valence-corrected chi connectivity index (χ2v) is 5.70. The molecule has 0 aromatic heterocycles. The minimum atomic E-state index is 0.0472. The Bertz CT molecular complexity index is 456. The zero-order valence-corrected chi connectivity index (χ0v) is 12.5. The number of carbonyl (C=O) groups excluding carboxylic acids is 1. The lowest BCUT2D eigenvalue weighted by molar-refractivity contribution is -0.127. The zero-order valence-electron chi connectivity index (χ0n) is 12.5. The minimum absolute atomic E-state index is 0.0472. The van der Waals surface area contributed by atoms with Gasteiger partial charge in [-0.15, -0.1) is 0 Å². The van der Waals surface area contributed by atoms with Crippen LogP contribution in [-0.2, 0) is 11.3 Å². The van der Waals surface area contributed by atoms with E-state index in [-0.39, 0.29) is 5.91 Å². The van der Waals surface area contributed by atoms with E-state index in [4.69, 9.17) is 0 Å². The van der Waals surface area contributed by atoms with Gasteiger partial charge in [-0.3, -0.25) is 9.69 Å². The lowest BCUT2D eigenvalue weighted by Gasteiger charge is -2.34. The van der Waals surface area contributed by atoms with Crippen LogP contribution in [0.3, 0.4) is 0 Å². The van der Waals surface area contributed by atoms with Crippen molar-refractivity contribution >= 4 is 5.91 Å². The summed E-state index contributed by atoms with van der Waals surface area (Å²) in [5.74, 6) is 0.628. The molecule has 3 heteroatoms. The van der Waals surface area contributed by atoms with Gasteiger partial charge in [0.25, 0.3) is 0 Å². The summed E-state index contributed by atoms with van der Waals surface area (Å²) in [5.41, 5.74) is 2.73. The van der Waals surface area contributed by atoms with Gasteiger partial charge in [-0.05, 0) is 23.1 Å². The highest BCUT2D eigenvalue weighted by molar-refractivity contribution is 5.87. The summed E-state index contributed by atoms with van der Waals surface area (Å²) in [6.07, 6.45) is 1.40. The molecule has 0 unspecified atom stereocenters. The smallest absolute Gasteiger partial charge is 0.246 e. The first-order valence-corrected chi connectivity index (χ1v) is 7.32. The predicted octanol–water partition coefficient (Wildman–Crippen LogP) is 2.64. The molecule has 0 saturated carbocycles. The number of nitrogens with zero attached hydrogens (tertiary/aromatic N) is 2. The fraction of sp³-hybridized carbons (Fsp3) is 0.471. The van der Waals surface area contributed by atoms with Gasteiger partial charge >= 0.3 is 0 Å². The first-order chi connectivity index (χ1) is 9.60. The number of amides is 1. The molecule has 0 aliphatic carbocycles. The van der Waals surface area contributed by atoms with Crippen LogP contribution < -0.4 is 0 Å². The number of carbonyl (C=O) groups is 1. The molecule has 1 aliphatic rings. The van der Waals surface area contributed by atoms with E-state index in [9.17, 15) is 4.79 Å². The van der Waals surface area contributed by atoms with Gasteiger partial charge in [0.2, 0.25) is 5.91 Å². The molecule has 1 aliphatic heterocycles. The average molecular weight is 272 g/mol. The van der Waals surface area contributed by atoms with Crippen molar-refractivity contribution in [2.75, 3.05) is 26.2 Å². The highest BCUT2D eigenvalue weighted by Gasteiger charge is 2.19. The van der Waals surface area contributed by atoms with E-state index >= 15 is 0 Å². The molecule has 0 radical (unpaired) electrons. The van der Waals surface area contributed by atoms with Gasteiger partial charge in [-0.2, -0.15) is 0 Å². The number of piperazine rings is 1. The van der Waals surface area contributed by atoms with E-state index in [0.29, 0.717) is 5.92 Å². The van der Waals surface area contributed by atoms with Gasteiger partial charge in [-0.25, -0.2) is 0 Å². The van der Waals surface area contributed by atoms with E-state index in [1.807, 2.05) is 4.90 Å². The molecule has 0 atom stereocenters. The maximum atomic E-state index is 11.5. The lowest BCUT2D eigenvalue weighted by Crippen LogP contribution is -2.47. The molecule has 1 amide bonds. The third-order valence-electron chi connectivity index (χ3n) is 3.91. The molecule has 1 aromatic rings. The Labute approximate surface area is 121 Å². The normalized spacial score (nSPS) is 16.4. The van der Waals surface area contributed by atoms with Gasteiger partial charge < -0.3 is 4.90 Å². The summed E-state index contributed by atoms with van der Waals surface area (Å²) >= 11 is 0. The Kier molecular flexibility index (Phi) is 4.96. The number of rotatable bonds is 4. The average Bonchev–Trinajstić information content (AvgIpc) is 2.48. The predicted molar refractivity (Wildman–Crippen MR) is 82.6 cm³/mol. The first kappa shape index (κ1) is 14.8. The van der Waals surface area contributed by atoms with Crippen LogP contribution in [0.1, 0.15) is 30.9 Å². The van der Waals surface area contributed by atoms with Crippen LogP contribution in [0.25, 0.3) is 0 Å². The van der Waals surface area contributed by atoms with Gasteiger partial charge in [0.05, 0.1) is 0 Å². The van der Waals surface area contributed by atoms with E-state index < -0.39 is 0 Å². The molecule has 0 bridgehead atoms. The van der Waals surface area contributed by atoms with Crippen molar-refractivity contribution in [3.8, 4) is 0 Å². The summed E-state index contributed by atoms with van der Waals surface area (Å²) in [6, 6.07) is 8.88. The van der Waals surface area contributed by atoms with Crippen LogP contribution in [-0.4, -0.2) is 41.9 Å². The molecular formula is C17H24N2O. The monoisotopic (exact) mass is 272 g/mol. The largest absolute Gasteiger partial charge is 0.337 e. The summed E-state index contributed by atoms with van der Waals surface area (Å²) in [6.45, 7) is 12.4. The third kappa shape index (κ3) is 3.70. The molecule has 0 spiro atoms. The zero-order chi connectivity index (χ0) is 14.5. The standard InChI is InChI=1S/C17H24N2O/c1-4-17(20)19-11-9-18(10-12-19)13-15-5-7-16(8-6-15)14(2)3/h4-8,14H,1,9-13H2,2-3H3. The maximum Gasteiger partial charge on any atom is 0.246 e. The quantitative estimate of drug-likeness (QED) is 0.787. The molecule has 0 N–H and O–H groups in total. The van der Waals surface area contributed by atoms with Gasteiger partial charge in [0, 0.05) is 32.7 Å². The van der Waals surface area contributed by atoms with Gasteiger partial charge in [-0.1, -0.05) is 44.7 Å². The molecular weight excluding hydrogens is 248 g/mol. The summed E-state index contributed by atoms with van der Waals surface area (Å²) in [7, 11) is 0. The second-order valence-electron chi connectivity index (χ2n) is 5.70. The van der Waals surface area contributed by atoms with Crippen LogP contribution in [0, 0.1) is 0 Å². The van der Waals surface area contributed by atoms with Crippen molar-refractivity contribution in [3.05, 3.63) is 48.0 Å². The van der Waals surface area contributed by atoms with E-state index in [2.05, 4.69) is 49.6 Å². The van der Waals surface area contributed by atoms with E-state index in [1.165, 1.54) is 17.2 Å². The highest BCUT2D eigenvalue weighted by Crippen LogP contribution is 2.16. The molecule has 1 heterocycles. The number of hydrogen-bond donors (Lipinski definition) is 0. The van der Waals surface area contributed by atoms with Crippen LogP contribution in [0.15, 0.2) is 36.9 Å². The first-order valence-electron chi connectivity index (χ1n) is 7.32. The van der Waals surface area contributed by atoms with Gasteiger partial charge in [0.15, 0.2) is 0 Å². The fourth-order valence-electron chi connectivity index (χ4n) is 2.52. The van der Waals surface area contributed by atoms with Crippen molar-refractivity contribution < 1.29 is 4.79 Å². The van der Waals surface area contributed by atoms with Crippen LogP contribution in [0.5, 0.6) is 0 Å². The van der Waals surface area contributed by atoms with Gasteiger partial charge in [0.1, 0.15) is 0 Å². The molecule has 108 valence electrons. The lowest BCUT2D eigenvalue weighted by atomic mass is 10.0. The fourth-order valence-corrected chi connectivity index (χ4v) is 2.52. The van der Waals surface area contributed by atoms with Crippen LogP contribution >= 0.6 is 0 Å².